The number of aromatic amines is 1. The Balaban J connectivity index is 1.76. The summed E-state index contributed by atoms with van der Waals surface area (Å²) in [7, 11) is 1.55. The van der Waals surface area contributed by atoms with E-state index < -0.39 is 42.2 Å². The molecule has 0 saturated carbocycles. The summed E-state index contributed by atoms with van der Waals surface area (Å²) in [6, 6.07) is 5.17. The number of aromatic nitrogens is 1. The van der Waals surface area contributed by atoms with Gasteiger partial charge >= 0.3 is 0 Å². The number of ether oxygens (including phenoxy) is 1. The lowest BCUT2D eigenvalue weighted by Crippen LogP contribution is -2.52. The molecular formula is C25H34N4O6. The number of hydrogen-bond donors (Lipinski definition) is 5. The van der Waals surface area contributed by atoms with Gasteiger partial charge in [0.15, 0.2) is 5.78 Å². The van der Waals surface area contributed by atoms with Gasteiger partial charge in [-0.25, -0.2) is 0 Å². The van der Waals surface area contributed by atoms with Crippen molar-refractivity contribution < 1.29 is 29.0 Å². The average Bonchev–Trinajstić information content (AvgIpc) is 3.46. The molecule has 5 N–H and O–H groups in total. The highest BCUT2D eigenvalue weighted by Crippen LogP contribution is 2.26. The van der Waals surface area contributed by atoms with Gasteiger partial charge in [0, 0.05) is 23.4 Å². The minimum Gasteiger partial charge on any atom is -0.496 e. The number of amides is 3. The number of hydrogen-bond acceptors (Lipinski definition) is 6. The zero-order valence-electron chi connectivity index (χ0n) is 20.3. The predicted octanol–water partition coefficient (Wildman–Crippen LogP) is 1.28. The number of aliphatic hydroxyl groups is 1. The van der Waals surface area contributed by atoms with Crippen LogP contribution in [0.4, 0.5) is 0 Å². The van der Waals surface area contributed by atoms with Crippen LogP contribution in [0.5, 0.6) is 5.75 Å². The second-order valence-corrected chi connectivity index (χ2v) is 9.30. The van der Waals surface area contributed by atoms with E-state index in [0.29, 0.717) is 31.6 Å². The van der Waals surface area contributed by atoms with Gasteiger partial charge in [0.25, 0.3) is 5.91 Å². The lowest BCUT2D eigenvalue weighted by Gasteiger charge is -2.24. The van der Waals surface area contributed by atoms with Crippen LogP contribution in [0.2, 0.25) is 0 Å². The molecule has 10 heteroatoms. The number of methoxy groups -OCH3 is 1. The Labute approximate surface area is 204 Å². The molecule has 3 amide bonds. The molecule has 1 aliphatic heterocycles. The second-order valence-electron chi connectivity index (χ2n) is 9.30. The molecule has 10 nitrogen and oxygen atoms in total. The molecule has 1 aromatic carbocycles. The number of aliphatic hydroxyl groups excluding tert-OH is 1. The van der Waals surface area contributed by atoms with Gasteiger partial charge in [0.05, 0.1) is 13.2 Å². The molecule has 190 valence electrons. The fourth-order valence-electron chi connectivity index (χ4n) is 4.24. The molecule has 0 aliphatic carbocycles. The summed E-state index contributed by atoms with van der Waals surface area (Å²) in [5, 5.41) is 18.3. The van der Waals surface area contributed by atoms with Gasteiger partial charge in [0.2, 0.25) is 11.8 Å². The lowest BCUT2D eigenvalue weighted by molar-refractivity contribution is -0.131. The van der Waals surface area contributed by atoms with Crippen molar-refractivity contribution in [3.8, 4) is 5.75 Å². The summed E-state index contributed by atoms with van der Waals surface area (Å²) in [5.74, 6) is -1.25. The monoisotopic (exact) mass is 486 g/mol. The summed E-state index contributed by atoms with van der Waals surface area (Å²) >= 11 is 0. The number of H-pyrrole nitrogens is 1. The van der Waals surface area contributed by atoms with Crippen LogP contribution >= 0.6 is 0 Å². The van der Waals surface area contributed by atoms with E-state index in [9.17, 15) is 24.3 Å². The molecule has 0 bridgehead atoms. The first-order chi connectivity index (χ1) is 16.7. The Bertz CT molecular complexity index is 1080. The molecule has 1 aliphatic rings. The SMILES string of the molecule is COc1cccc2[nH]c(C(=O)N[C@@H](CCC(C)C)C(=O)N[C@@H](C[C@@H]3CCNC3=O)C(=O)CO)cc12. The molecule has 1 saturated heterocycles. The zero-order valence-corrected chi connectivity index (χ0v) is 20.3. The molecule has 2 heterocycles. The Hall–Kier alpha value is -3.40. The van der Waals surface area contributed by atoms with Gasteiger partial charge in [0.1, 0.15) is 24.1 Å². The highest BCUT2D eigenvalue weighted by atomic mass is 16.5. The smallest absolute Gasteiger partial charge is 0.268 e. The number of rotatable bonds is 12. The van der Waals surface area contributed by atoms with Crippen molar-refractivity contribution >= 4 is 34.4 Å². The van der Waals surface area contributed by atoms with Crippen molar-refractivity contribution in [3.63, 3.8) is 0 Å². The molecule has 1 fully saturated rings. The number of carbonyl (C=O) groups excluding carboxylic acids is 4. The first-order valence-electron chi connectivity index (χ1n) is 11.9. The maximum atomic E-state index is 13.2. The molecule has 3 rings (SSSR count). The van der Waals surface area contributed by atoms with E-state index in [1.165, 1.54) is 0 Å². The first kappa shape index (κ1) is 26.2. The lowest BCUT2D eigenvalue weighted by atomic mass is 9.95. The largest absolute Gasteiger partial charge is 0.496 e. The number of nitrogens with one attached hydrogen (secondary N) is 4. The minimum absolute atomic E-state index is 0.101. The molecule has 1 aromatic heterocycles. The third-order valence-corrected chi connectivity index (χ3v) is 6.29. The minimum atomic E-state index is -1.02. The third-order valence-electron chi connectivity index (χ3n) is 6.29. The summed E-state index contributed by atoms with van der Waals surface area (Å²) in [6.07, 6.45) is 1.69. The van der Waals surface area contributed by atoms with E-state index in [0.717, 1.165) is 10.9 Å². The first-order valence-corrected chi connectivity index (χ1v) is 11.9. The van der Waals surface area contributed by atoms with Gasteiger partial charge in [-0.15, -0.1) is 0 Å². The van der Waals surface area contributed by atoms with Gasteiger partial charge in [-0.1, -0.05) is 19.9 Å². The van der Waals surface area contributed by atoms with Crippen LogP contribution < -0.4 is 20.7 Å². The highest BCUT2D eigenvalue weighted by molar-refractivity contribution is 6.02. The highest BCUT2D eigenvalue weighted by Gasteiger charge is 2.33. The standard InChI is InChI=1S/C25H34N4O6/c1-14(2)7-8-18(24(33)29-19(21(31)13-30)11-15-9-10-26-23(15)32)28-25(34)20-12-16-17(27-20)5-4-6-22(16)35-3/h4-6,12,14-15,18-19,27,30H,7-11,13H2,1-3H3,(H,26,32)(H,28,34)(H,29,33)/t15-,18-,19-/m0/s1. The van der Waals surface area contributed by atoms with Gasteiger partial charge < -0.3 is 30.8 Å². The van der Waals surface area contributed by atoms with E-state index in [4.69, 9.17) is 4.74 Å². The van der Waals surface area contributed by atoms with E-state index >= 15 is 0 Å². The number of ketones is 1. The van der Waals surface area contributed by atoms with Gasteiger partial charge in [-0.2, -0.15) is 0 Å². The van der Waals surface area contributed by atoms with Crippen molar-refractivity contribution in [1.29, 1.82) is 0 Å². The van der Waals surface area contributed by atoms with E-state index in [1.54, 1.807) is 25.3 Å². The van der Waals surface area contributed by atoms with Gasteiger partial charge in [-0.3, -0.25) is 19.2 Å². The fraction of sp³-hybridized carbons (Fsp3) is 0.520. The summed E-state index contributed by atoms with van der Waals surface area (Å²) in [6.45, 7) is 3.79. The normalized spacial score (nSPS) is 17.2. The molecule has 35 heavy (non-hydrogen) atoms. The Morgan fingerprint density at radius 3 is 2.57 bits per heavy atom. The van der Waals surface area contributed by atoms with Crippen LogP contribution in [-0.4, -0.2) is 65.9 Å². The number of fused-ring (bicyclic) bond motifs is 1. The van der Waals surface area contributed by atoms with Crippen molar-refractivity contribution in [2.45, 2.75) is 51.6 Å². The van der Waals surface area contributed by atoms with Crippen LogP contribution in [0.25, 0.3) is 10.9 Å². The Morgan fingerprint density at radius 2 is 1.94 bits per heavy atom. The Morgan fingerprint density at radius 1 is 1.17 bits per heavy atom. The quantitative estimate of drug-likeness (QED) is 0.305. The fourth-order valence-corrected chi connectivity index (χ4v) is 4.24. The van der Waals surface area contributed by atoms with Crippen LogP contribution in [0.15, 0.2) is 24.3 Å². The van der Waals surface area contributed by atoms with Crippen molar-refractivity contribution in [2.24, 2.45) is 11.8 Å². The van der Waals surface area contributed by atoms with Crippen LogP contribution in [0.1, 0.15) is 50.0 Å². The van der Waals surface area contributed by atoms with E-state index in [-0.39, 0.29) is 23.9 Å². The summed E-state index contributed by atoms with van der Waals surface area (Å²) in [4.78, 5) is 53.6. The Kier molecular flexibility index (Phi) is 8.86. The predicted molar refractivity (Wildman–Crippen MR) is 130 cm³/mol. The van der Waals surface area contributed by atoms with Gasteiger partial charge in [-0.05, 0) is 49.8 Å². The summed E-state index contributed by atoms with van der Waals surface area (Å²) in [5.41, 5.74) is 0.999. The van der Waals surface area contributed by atoms with Crippen LogP contribution in [-0.2, 0) is 14.4 Å². The van der Waals surface area contributed by atoms with Crippen molar-refractivity contribution in [3.05, 3.63) is 30.0 Å². The number of carbonyl (C=O) groups is 4. The van der Waals surface area contributed by atoms with Crippen molar-refractivity contribution in [2.75, 3.05) is 20.3 Å². The molecule has 0 unspecified atom stereocenters. The zero-order chi connectivity index (χ0) is 25.5. The van der Waals surface area contributed by atoms with Crippen LogP contribution in [0.3, 0.4) is 0 Å². The van der Waals surface area contributed by atoms with E-state index in [2.05, 4.69) is 20.9 Å². The molecule has 0 radical (unpaired) electrons. The summed E-state index contributed by atoms with van der Waals surface area (Å²) < 4.78 is 5.35. The topological polar surface area (TPSA) is 150 Å². The molecule has 3 atom stereocenters. The maximum absolute atomic E-state index is 13.2. The molecular weight excluding hydrogens is 452 g/mol. The van der Waals surface area contributed by atoms with Crippen LogP contribution in [0, 0.1) is 11.8 Å². The van der Waals surface area contributed by atoms with E-state index in [1.807, 2.05) is 19.9 Å². The number of Topliss-reactive ketones (excluding diaryl/α,β-unsaturated/α-hetero) is 1. The maximum Gasteiger partial charge on any atom is 0.268 e. The van der Waals surface area contributed by atoms with Crippen molar-refractivity contribution in [1.82, 2.24) is 20.9 Å². The average molecular weight is 487 g/mol. The second kappa shape index (κ2) is 11.8. The number of benzene rings is 1. The third kappa shape index (κ3) is 6.60. The molecule has 0 spiro atoms. The molecule has 2 aromatic rings.